The number of carbonyl (C=O) groups is 1. The molecule has 1 aromatic carbocycles. The highest BCUT2D eigenvalue weighted by Crippen LogP contribution is 2.34. The zero-order chi connectivity index (χ0) is 25.1. The molecular weight excluding hydrogens is 438 g/mol. The molecule has 2 atom stereocenters. The normalized spacial score (nSPS) is 18.0. The first kappa shape index (κ1) is 26.3. The van der Waals surface area contributed by atoms with E-state index >= 15 is 0 Å². The van der Waals surface area contributed by atoms with Gasteiger partial charge in [-0.05, 0) is 60.6 Å². The third kappa shape index (κ3) is 6.29. The van der Waals surface area contributed by atoms with E-state index in [0.29, 0.717) is 22.4 Å². The van der Waals surface area contributed by atoms with Crippen molar-refractivity contribution in [1.29, 1.82) is 10.5 Å². The van der Waals surface area contributed by atoms with Crippen molar-refractivity contribution in [1.82, 2.24) is 0 Å². The molecule has 1 aliphatic rings. The van der Waals surface area contributed by atoms with Crippen LogP contribution in [-0.2, 0) is 9.92 Å². The lowest BCUT2D eigenvalue weighted by Gasteiger charge is -2.26. The molecule has 33 heavy (non-hydrogen) atoms. The molecule has 0 heterocycles. The molecule has 0 spiro atoms. The van der Waals surface area contributed by atoms with Gasteiger partial charge >= 0.3 is 6.03 Å². The van der Waals surface area contributed by atoms with Crippen molar-refractivity contribution in [2.24, 2.45) is 9.50 Å². The Morgan fingerprint density at radius 1 is 1.21 bits per heavy atom. The molecule has 4 N–H and O–H groups in total. The first-order valence-electron chi connectivity index (χ1n) is 10.7. The Balaban J connectivity index is 2.50. The maximum Gasteiger partial charge on any atom is 0.354 e. The van der Waals surface area contributed by atoms with Crippen LogP contribution in [0, 0.1) is 22.7 Å². The Morgan fingerprint density at radius 3 is 2.18 bits per heavy atom. The van der Waals surface area contributed by atoms with Crippen LogP contribution in [-0.4, -0.2) is 26.2 Å². The fourth-order valence-electron chi connectivity index (χ4n) is 3.58. The van der Waals surface area contributed by atoms with E-state index in [-0.39, 0.29) is 18.3 Å². The highest BCUT2D eigenvalue weighted by Gasteiger charge is 2.29. The number of allylic oxidation sites excluding steroid dienone is 1. The standard InChI is InChI=1S/C24H31N5O3S/c1-14(2)20-9-17(13-26)10-21(15(3)4)22(20)28-23(30)29-33(27,32)19-8-16(12-25)7-18(11-19)24(5,6)31/h7,9-11,14-15,19,31H,8H2,1-6H3,(H3,27,28,29,30,32). The summed E-state index contributed by atoms with van der Waals surface area (Å²) in [5, 5.41) is 36.9. The molecule has 176 valence electrons. The smallest absolute Gasteiger partial charge is 0.354 e. The van der Waals surface area contributed by atoms with E-state index in [0.717, 1.165) is 11.1 Å². The van der Waals surface area contributed by atoms with Gasteiger partial charge in [0.1, 0.15) is 9.92 Å². The van der Waals surface area contributed by atoms with E-state index in [1.165, 1.54) is 12.2 Å². The van der Waals surface area contributed by atoms with Gasteiger partial charge in [0.2, 0.25) is 0 Å². The third-order valence-corrected chi connectivity index (χ3v) is 7.05. The van der Waals surface area contributed by atoms with Crippen molar-refractivity contribution >= 4 is 21.6 Å². The molecule has 0 saturated carbocycles. The molecule has 0 radical (unpaired) electrons. The number of urea groups is 1. The second-order valence-electron chi connectivity index (χ2n) is 9.29. The van der Waals surface area contributed by atoms with Crippen LogP contribution in [0.5, 0.6) is 0 Å². The fraction of sp³-hybridized carbons (Fsp3) is 0.458. The minimum absolute atomic E-state index is 0.00674. The maximum atomic E-state index is 13.3. The molecule has 2 unspecified atom stereocenters. The zero-order valence-corrected chi connectivity index (χ0v) is 20.7. The number of nitrogens with zero attached hydrogens (tertiary/aromatic N) is 3. The quantitative estimate of drug-likeness (QED) is 0.575. The van der Waals surface area contributed by atoms with Gasteiger partial charge in [0.15, 0.2) is 0 Å². The predicted octanol–water partition coefficient (Wildman–Crippen LogP) is 4.60. The molecule has 9 heteroatoms. The molecule has 2 amide bonds. The number of nitrogens with one attached hydrogen (secondary N) is 1. The van der Waals surface area contributed by atoms with Crippen LogP contribution in [0.25, 0.3) is 0 Å². The van der Waals surface area contributed by atoms with Crippen molar-refractivity contribution in [3.8, 4) is 12.1 Å². The van der Waals surface area contributed by atoms with E-state index < -0.39 is 26.8 Å². The lowest BCUT2D eigenvalue weighted by molar-refractivity contribution is 0.123. The molecule has 0 saturated heterocycles. The number of anilines is 1. The van der Waals surface area contributed by atoms with Crippen molar-refractivity contribution in [2.45, 2.75) is 70.7 Å². The Labute approximate surface area is 196 Å². The Bertz CT molecular complexity index is 1180. The van der Waals surface area contributed by atoms with E-state index in [1.807, 2.05) is 33.8 Å². The highest BCUT2D eigenvalue weighted by molar-refractivity contribution is 7.92. The number of aliphatic hydroxyl groups is 1. The number of carbonyl (C=O) groups excluding carboxylic acids is 1. The molecule has 0 aliphatic heterocycles. The lowest BCUT2D eigenvalue weighted by atomic mass is 9.90. The van der Waals surface area contributed by atoms with Gasteiger partial charge in [-0.2, -0.15) is 10.5 Å². The number of hydrogen-bond acceptors (Lipinski definition) is 5. The van der Waals surface area contributed by atoms with Crippen LogP contribution >= 0.6 is 0 Å². The van der Waals surface area contributed by atoms with Gasteiger partial charge in [-0.25, -0.2) is 14.1 Å². The topological polar surface area (TPSA) is 152 Å². The van der Waals surface area contributed by atoms with Crippen molar-refractivity contribution < 1.29 is 14.1 Å². The largest absolute Gasteiger partial charge is 0.386 e. The number of nitriles is 2. The van der Waals surface area contributed by atoms with E-state index in [4.69, 9.17) is 5.14 Å². The van der Waals surface area contributed by atoms with E-state index in [2.05, 4.69) is 15.7 Å². The average Bonchev–Trinajstić information content (AvgIpc) is 2.71. The summed E-state index contributed by atoms with van der Waals surface area (Å²) in [7, 11) is -3.59. The third-order valence-electron chi connectivity index (χ3n) is 5.43. The van der Waals surface area contributed by atoms with Crippen LogP contribution < -0.4 is 10.5 Å². The monoisotopic (exact) mass is 469 g/mol. The summed E-state index contributed by atoms with van der Waals surface area (Å²) in [5.41, 5.74) is 1.95. The summed E-state index contributed by atoms with van der Waals surface area (Å²) >= 11 is 0. The Hall–Kier alpha value is -2.98. The average molecular weight is 470 g/mol. The van der Waals surface area contributed by atoms with Gasteiger partial charge in [0.25, 0.3) is 0 Å². The van der Waals surface area contributed by atoms with Crippen molar-refractivity contribution in [2.75, 3.05) is 5.32 Å². The van der Waals surface area contributed by atoms with Crippen LogP contribution in [0.1, 0.15) is 76.5 Å². The summed E-state index contributed by atoms with van der Waals surface area (Å²) in [6.45, 7) is 10.9. The van der Waals surface area contributed by atoms with Crippen molar-refractivity contribution in [3.05, 3.63) is 52.1 Å². The molecule has 1 aromatic rings. The van der Waals surface area contributed by atoms with Gasteiger partial charge in [-0.1, -0.05) is 33.8 Å². The Morgan fingerprint density at radius 2 is 1.76 bits per heavy atom. The molecule has 0 bridgehead atoms. The molecule has 0 aromatic heterocycles. The van der Waals surface area contributed by atoms with Crippen LogP contribution in [0.3, 0.4) is 0 Å². The van der Waals surface area contributed by atoms with E-state index in [9.17, 15) is 24.6 Å². The lowest BCUT2D eigenvalue weighted by Crippen LogP contribution is -2.33. The molecule has 1 aliphatic carbocycles. The second kappa shape index (κ2) is 9.88. The molecule has 0 fully saturated rings. The summed E-state index contributed by atoms with van der Waals surface area (Å²) < 4.78 is 17.0. The van der Waals surface area contributed by atoms with Gasteiger partial charge in [-0.15, -0.1) is 4.36 Å². The second-order valence-corrected chi connectivity index (χ2v) is 11.3. The summed E-state index contributed by atoms with van der Waals surface area (Å²) in [4.78, 5) is 12.9. The van der Waals surface area contributed by atoms with Crippen LogP contribution in [0.2, 0.25) is 0 Å². The highest BCUT2D eigenvalue weighted by atomic mass is 32.2. The number of amides is 2. The SMILES string of the molecule is CC(C)c1cc(C#N)cc(C(C)C)c1NC(=O)N=S(N)(=O)C1C=C(C(C)(C)O)C=C(C#N)C1. The maximum absolute atomic E-state index is 13.3. The minimum Gasteiger partial charge on any atom is -0.386 e. The molecule has 2 rings (SSSR count). The summed E-state index contributed by atoms with van der Waals surface area (Å²) in [6.07, 6.45) is 3.10. The molecule has 8 nitrogen and oxygen atoms in total. The summed E-state index contributed by atoms with van der Waals surface area (Å²) in [6, 6.07) is 6.72. The van der Waals surface area contributed by atoms with Gasteiger partial charge in [-0.3, -0.25) is 0 Å². The summed E-state index contributed by atoms with van der Waals surface area (Å²) in [5.74, 6) is 0.0135. The predicted molar refractivity (Wildman–Crippen MR) is 130 cm³/mol. The Kier molecular flexibility index (Phi) is 7.87. The number of hydrogen-bond donors (Lipinski definition) is 3. The molecular formula is C24H31N5O3S. The zero-order valence-electron chi connectivity index (χ0n) is 19.8. The van der Waals surface area contributed by atoms with Gasteiger partial charge < -0.3 is 10.4 Å². The number of nitrogens with two attached hydrogens (primary N) is 1. The first-order chi connectivity index (χ1) is 15.2. The van der Waals surface area contributed by atoms with Gasteiger partial charge in [0, 0.05) is 17.7 Å². The van der Waals surface area contributed by atoms with Crippen LogP contribution in [0.15, 0.2) is 39.8 Å². The minimum atomic E-state index is -3.59. The van der Waals surface area contributed by atoms with Gasteiger partial charge in [0.05, 0.1) is 28.6 Å². The number of rotatable bonds is 5. The van der Waals surface area contributed by atoms with Crippen molar-refractivity contribution in [3.63, 3.8) is 0 Å². The number of benzene rings is 1. The van der Waals surface area contributed by atoms with E-state index in [1.54, 1.807) is 26.0 Å². The first-order valence-corrected chi connectivity index (χ1v) is 12.3. The fourth-order valence-corrected chi connectivity index (χ4v) is 4.78. The van der Waals surface area contributed by atoms with Crippen LogP contribution in [0.4, 0.5) is 10.5 Å².